The Morgan fingerprint density at radius 2 is 1.72 bits per heavy atom. The molecule has 10 nitrogen and oxygen atoms in total. The van der Waals surface area contributed by atoms with Gasteiger partial charge in [-0.15, -0.1) is 0 Å². The Bertz CT molecular complexity index is 1450. The summed E-state index contributed by atoms with van der Waals surface area (Å²) in [5, 5.41) is 34.5. The van der Waals surface area contributed by atoms with E-state index >= 15 is 0 Å². The highest BCUT2D eigenvalue weighted by Crippen LogP contribution is 2.51. The standard InChI is InChI=1S/C25H29F7N4O6S/c1-22(2,39)19(26)12-34-20(38)9-15-6-4-13-8-14(23(40,24(27,28)29)25(30,31)32)5-7-17(13)36(15)43(41,42)16-10-18(37)21(33-3)35-11-16/h5,7-8,10-11,15,19,37,39-40H,4,6,9,12H2,1-3H3,(H,33,35)(H,34,38)/t15?,19-/m1/s1. The number of pyridine rings is 1. The van der Waals surface area contributed by atoms with Gasteiger partial charge in [0.15, 0.2) is 11.6 Å². The topological polar surface area (TPSA) is 152 Å². The Hall–Kier alpha value is -3.38. The summed E-state index contributed by atoms with van der Waals surface area (Å²) in [7, 11) is -3.41. The number of aliphatic hydroxyl groups is 2. The smallest absolute Gasteiger partial charge is 0.430 e. The van der Waals surface area contributed by atoms with Gasteiger partial charge in [0.25, 0.3) is 15.6 Å². The molecule has 1 unspecified atom stereocenters. The van der Waals surface area contributed by atoms with Gasteiger partial charge in [-0.1, -0.05) is 12.1 Å². The quantitative estimate of drug-likeness (QED) is 0.261. The Balaban J connectivity index is 2.11. The van der Waals surface area contributed by atoms with E-state index in [-0.39, 0.29) is 30.3 Å². The summed E-state index contributed by atoms with van der Waals surface area (Å²) < 4.78 is 123. The second-order valence-corrected chi connectivity index (χ2v) is 12.3. The van der Waals surface area contributed by atoms with Crippen molar-refractivity contribution in [2.75, 3.05) is 23.2 Å². The Morgan fingerprint density at radius 1 is 1.12 bits per heavy atom. The third-order valence-corrected chi connectivity index (χ3v) is 8.77. The number of benzene rings is 1. The van der Waals surface area contributed by atoms with E-state index in [4.69, 9.17) is 0 Å². The Morgan fingerprint density at radius 3 is 2.23 bits per heavy atom. The summed E-state index contributed by atoms with van der Waals surface area (Å²) in [5.74, 6) is -1.58. The van der Waals surface area contributed by atoms with Crippen LogP contribution in [0, 0.1) is 0 Å². The molecule has 0 spiro atoms. The zero-order valence-corrected chi connectivity index (χ0v) is 23.7. The second kappa shape index (κ2) is 11.6. The number of carbonyl (C=O) groups is 1. The van der Waals surface area contributed by atoms with Crippen LogP contribution in [0.4, 0.5) is 42.2 Å². The van der Waals surface area contributed by atoms with Crippen LogP contribution in [0.15, 0.2) is 35.4 Å². The van der Waals surface area contributed by atoms with Crippen LogP contribution in [-0.2, 0) is 26.8 Å². The summed E-state index contributed by atoms with van der Waals surface area (Å²) in [5.41, 5.74) is -9.39. The minimum atomic E-state index is -6.18. The molecule has 18 heteroatoms. The number of aromatic hydroxyl groups is 1. The van der Waals surface area contributed by atoms with Crippen molar-refractivity contribution in [3.63, 3.8) is 0 Å². The highest BCUT2D eigenvalue weighted by Gasteiger charge is 2.71. The number of rotatable bonds is 9. The fraction of sp³-hybridized carbons (Fsp3) is 0.520. The fourth-order valence-corrected chi connectivity index (χ4v) is 6.17. The lowest BCUT2D eigenvalue weighted by atomic mass is 9.87. The number of nitrogens with zero attached hydrogens (tertiary/aromatic N) is 2. The molecule has 1 aromatic carbocycles. The number of anilines is 2. The van der Waals surface area contributed by atoms with Gasteiger partial charge in [-0.25, -0.2) is 17.8 Å². The minimum absolute atomic E-state index is 0.107. The number of fused-ring (bicyclic) bond motifs is 1. The molecule has 2 heterocycles. The average Bonchev–Trinajstić information content (AvgIpc) is 2.88. The Labute approximate surface area is 241 Å². The largest absolute Gasteiger partial charge is 0.504 e. The zero-order chi connectivity index (χ0) is 32.8. The summed E-state index contributed by atoms with van der Waals surface area (Å²) >= 11 is 0. The van der Waals surface area contributed by atoms with Crippen molar-refractivity contribution in [3.8, 4) is 5.75 Å². The molecule has 0 saturated heterocycles. The van der Waals surface area contributed by atoms with E-state index in [1.807, 2.05) is 0 Å². The van der Waals surface area contributed by atoms with E-state index < -0.39 is 86.6 Å². The predicted molar refractivity (Wildman–Crippen MR) is 138 cm³/mol. The molecule has 2 atom stereocenters. The van der Waals surface area contributed by atoms with E-state index in [9.17, 15) is 59.3 Å². The van der Waals surface area contributed by atoms with E-state index in [1.54, 1.807) is 0 Å². The molecular formula is C25H29F7N4O6S. The van der Waals surface area contributed by atoms with Gasteiger partial charge >= 0.3 is 12.4 Å². The van der Waals surface area contributed by atoms with Crippen molar-refractivity contribution in [2.24, 2.45) is 0 Å². The maximum absolute atomic E-state index is 14.1. The highest BCUT2D eigenvalue weighted by molar-refractivity contribution is 7.92. The van der Waals surface area contributed by atoms with E-state index in [0.717, 1.165) is 26.1 Å². The first kappa shape index (κ1) is 34.1. The molecule has 5 N–H and O–H groups in total. The molecular weight excluding hydrogens is 617 g/mol. The first-order chi connectivity index (χ1) is 19.6. The first-order valence-corrected chi connectivity index (χ1v) is 14.0. The minimum Gasteiger partial charge on any atom is -0.504 e. The van der Waals surface area contributed by atoms with E-state index in [0.29, 0.717) is 16.4 Å². The lowest BCUT2D eigenvalue weighted by molar-refractivity contribution is -0.376. The summed E-state index contributed by atoms with van der Waals surface area (Å²) in [6.45, 7) is 1.68. The monoisotopic (exact) mass is 646 g/mol. The van der Waals surface area contributed by atoms with Gasteiger partial charge in [0.2, 0.25) is 5.91 Å². The van der Waals surface area contributed by atoms with Gasteiger partial charge in [-0.3, -0.25) is 9.10 Å². The van der Waals surface area contributed by atoms with Crippen LogP contribution < -0.4 is 14.9 Å². The second-order valence-electron chi connectivity index (χ2n) is 10.5. The number of hydrogen-bond donors (Lipinski definition) is 5. The van der Waals surface area contributed by atoms with Gasteiger partial charge in [0, 0.05) is 25.1 Å². The van der Waals surface area contributed by atoms with Gasteiger partial charge in [-0.05, 0) is 38.3 Å². The number of aryl methyl sites for hydroxylation is 1. The number of hydrogen-bond acceptors (Lipinski definition) is 8. The van der Waals surface area contributed by atoms with Crippen LogP contribution in [-0.4, -0.2) is 78.4 Å². The maximum Gasteiger partial charge on any atom is 0.430 e. The predicted octanol–water partition coefficient (Wildman–Crippen LogP) is 3.27. The summed E-state index contributed by atoms with van der Waals surface area (Å²) in [4.78, 5) is 15.8. The van der Waals surface area contributed by atoms with E-state index in [1.165, 1.54) is 7.05 Å². The molecule has 1 aliphatic heterocycles. The third-order valence-electron chi connectivity index (χ3n) is 6.94. The summed E-state index contributed by atoms with van der Waals surface area (Å²) in [6, 6.07) is 0.847. The molecule has 1 aromatic heterocycles. The van der Waals surface area contributed by atoms with Crippen LogP contribution in [0.1, 0.15) is 37.8 Å². The molecule has 240 valence electrons. The van der Waals surface area contributed by atoms with Crippen LogP contribution in [0.25, 0.3) is 0 Å². The van der Waals surface area contributed by atoms with Crippen molar-refractivity contribution >= 4 is 27.4 Å². The van der Waals surface area contributed by atoms with Gasteiger partial charge < -0.3 is 26.0 Å². The normalized spacial score (nSPS) is 17.3. The average molecular weight is 647 g/mol. The number of aromatic nitrogens is 1. The molecule has 0 radical (unpaired) electrons. The number of amides is 1. The van der Waals surface area contributed by atoms with Gasteiger partial charge in [0.05, 0.1) is 30.1 Å². The third kappa shape index (κ3) is 6.59. The maximum atomic E-state index is 14.1. The molecule has 3 rings (SSSR count). The molecule has 1 aliphatic rings. The van der Waals surface area contributed by atoms with Crippen molar-refractivity contribution < 1.29 is 59.3 Å². The summed E-state index contributed by atoms with van der Waals surface area (Å²) in [6.07, 6.45) is -14.7. The lowest BCUT2D eigenvalue weighted by Crippen LogP contribution is -2.54. The van der Waals surface area contributed by atoms with Gasteiger partial charge in [-0.2, -0.15) is 26.3 Å². The van der Waals surface area contributed by atoms with Crippen molar-refractivity contribution in [1.29, 1.82) is 0 Å². The molecule has 0 aliphatic carbocycles. The van der Waals surface area contributed by atoms with E-state index in [2.05, 4.69) is 15.6 Å². The van der Waals surface area contributed by atoms with Gasteiger partial charge in [0.1, 0.15) is 11.1 Å². The number of carbonyl (C=O) groups excluding carboxylic acids is 1. The van der Waals surface area contributed by atoms with Crippen LogP contribution in [0.3, 0.4) is 0 Å². The van der Waals surface area contributed by atoms with Crippen LogP contribution in [0.2, 0.25) is 0 Å². The number of sulfonamides is 1. The fourth-order valence-electron chi connectivity index (χ4n) is 4.48. The zero-order valence-electron chi connectivity index (χ0n) is 22.9. The van der Waals surface area contributed by atoms with Crippen molar-refractivity contribution in [3.05, 3.63) is 41.6 Å². The van der Waals surface area contributed by atoms with Crippen molar-refractivity contribution in [2.45, 2.75) is 73.8 Å². The van der Waals surface area contributed by atoms with Crippen LogP contribution >= 0.6 is 0 Å². The molecule has 0 saturated carbocycles. The molecule has 1 amide bonds. The molecule has 43 heavy (non-hydrogen) atoms. The number of halogens is 7. The molecule has 2 aromatic rings. The van der Waals surface area contributed by atoms with Crippen molar-refractivity contribution in [1.82, 2.24) is 10.3 Å². The molecule has 0 bridgehead atoms. The van der Waals surface area contributed by atoms with Crippen LogP contribution in [0.5, 0.6) is 5.75 Å². The first-order valence-electron chi connectivity index (χ1n) is 12.6. The number of nitrogens with one attached hydrogen (secondary N) is 2. The highest BCUT2D eigenvalue weighted by atomic mass is 32.2. The molecule has 0 fully saturated rings. The SMILES string of the molecule is CNc1ncc(S(=O)(=O)N2c3ccc(C(O)(C(F)(F)F)C(F)(F)F)cc3CCC2CC(=O)NC[C@@H](F)C(C)(C)O)cc1O. The Kier molecular flexibility index (Phi) is 9.21. The lowest BCUT2D eigenvalue weighted by Gasteiger charge is -2.39. The number of alkyl halides is 7.